The highest BCUT2D eigenvalue weighted by Gasteiger charge is 2.25. The molecular weight excluding hydrogens is 313 g/mol. The molecule has 0 saturated carbocycles. The highest BCUT2D eigenvalue weighted by Crippen LogP contribution is 2.29. The van der Waals surface area contributed by atoms with E-state index in [1.807, 2.05) is 0 Å². The van der Waals surface area contributed by atoms with Crippen LogP contribution in [0.1, 0.15) is 17.5 Å². The lowest BCUT2D eigenvalue weighted by Crippen LogP contribution is -2.40. The predicted molar refractivity (Wildman–Crippen MR) is 88.4 cm³/mol. The first-order chi connectivity index (χ1) is 11.7. The Morgan fingerprint density at radius 1 is 1.50 bits per heavy atom. The molecular formula is C17H24FN3O3. The Labute approximate surface area is 141 Å². The molecule has 1 N–H and O–H groups in total. The molecule has 2 aliphatic heterocycles. The van der Waals surface area contributed by atoms with Gasteiger partial charge in [0.1, 0.15) is 11.6 Å². The monoisotopic (exact) mass is 337 g/mol. The van der Waals surface area contributed by atoms with E-state index in [1.54, 1.807) is 14.2 Å². The van der Waals surface area contributed by atoms with Crippen molar-refractivity contribution in [3.8, 4) is 5.75 Å². The van der Waals surface area contributed by atoms with Crippen molar-refractivity contribution < 1.29 is 18.6 Å². The maximum absolute atomic E-state index is 13.8. The average Bonchev–Trinajstić information content (AvgIpc) is 3.04. The van der Waals surface area contributed by atoms with Crippen LogP contribution in [0.15, 0.2) is 17.1 Å². The summed E-state index contributed by atoms with van der Waals surface area (Å²) in [6, 6.07) is 2.96. The van der Waals surface area contributed by atoms with Gasteiger partial charge in [0.15, 0.2) is 12.8 Å². The Kier molecular flexibility index (Phi) is 5.52. The van der Waals surface area contributed by atoms with Crippen LogP contribution in [0.3, 0.4) is 0 Å². The largest absolute Gasteiger partial charge is 0.467 e. The van der Waals surface area contributed by atoms with Crippen molar-refractivity contribution in [1.82, 2.24) is 10.2 Å². The molecule has 2 aliphatic rings. The topological polar surface area (TPSA) is 55.3 Å². The number of halogens is 1. The Morgan fingerprint density at radius 3 is 3.17 bits per heavy atom. The minimum atomic E-state index is -0.282. The van der Waals surface area contributed by atoms with Crippen molar-refractivity contribution in [2.45, 2.75) is 19.6 Å². The molecule has 6 nitrogen and oxygen atoms in total. The van der Waals surface area contributed by atoms with Crippen LogP contribution >= 0.6 is 0 Å². The highest BCUT2D eigenvalue weighted by molar-refractivity contribution is 5.80. The summed E-state index contributed by atoms with van der Waals surface area (Å²) >= 11 is 0. The third kappa shape index (κ3) is 3.79. The van der Waals surface area contributed by atoms with E-state index in [1.165, 1.54) is 12.1 Å². The molecule has 1 fully saturated rings. The third-order valence-electron chi connectivity index (χ3n) is 4.39. The summed E-state index contributed by atoms with van der Waals surface area (Å²) in [5.41, 5.74) is 1.52. The second kappa shape index (κ2) is 7.81. The number of guanidine groups is 1. The summed E-state index contributed by atoms with van der Waals surface area (Å²) in [6.07, 6.45) is 1.09. The number of nitrogens with one attached hydrogen (secondary N) is 1. The average molecular weight is 337 g/mol. The lowest BCUT2D eigenvalue weighted by atomic mass is 10.1. The van der Waals surface area contributed by atoms with Gasteiger partial charge in [0.2, 0.25) is 0 Å². The van der Waals surface area contributed by atoms with Crippen molar-refractivity contribution in [3.05, 3.63) is 29.1 Å². The molecule has 7 heteroatoms. The molecule has 132 valence electrons. The van der Waals surface area contributed by atoms with Gasteiger partial charge in [-0.05, 0) is 18.6 Å². The van der Waals surface area contributed by atoms with Crippen molar-refractivity contribution in [2.75, 3.05) is 40.6 Å². The number of methoxy groups -OCH3 is 1. The summed E-state index contributed by atoms with van der Waals surface area (Å²) in [5, 5.41) is 3.32. The zero-order valence-corrected chi connectivity index (χ0v) is 14.2. The molecule has 0 amide bonds. The first kappa shape index (κ1) is 17.0. The molecule has 24 heavy (non-hydrogen) atoms. The number of rotatable bonds is 4. The second-order valence-electron chi connectivity index (χ2n) is 6.12. The van der Waals surface area contributed by atoms with E-state index in [0.717, 1.165) is 43.2 Å². The molecule has 0 aromatic heterocycles. The van der Waals surface area contributed by atoms with Gasteiger partial charge < -0.3 is 24.4 Å². The van der Waals surface area contributed by atoms with Crippen LogP contribution in [-0.4, -0.2) is 51.5 Å². The third-order valence-corrected chi connectivity index (χ3v) is 4.39. The van der Waals surface area contributed by atoms with Crippen LogP contribution in [0.25, 0.3) is 0 Å². The van der Waals surface area contributed by atoms with Crippen LogP contribution in [-0.2, 0) is 22.6 Å². The van der Waals surface area contributed by atoms with Gasteiger partial charge in [-0.15, -0.1) is 0 Å². The van der Waals surface area contributed by atoms with Gasteiger partial charge in [0.05, 0.1) is 13.2 Å². The van der Waals surface area contributed by atoms with Gasteiger partial charge in [0.25, 0.3) is 0 Å². The second-order valence-corrected chi connectivity index (χ2v) is 6.12. The number of fused-ring (bicyclic) bond motifs is 1. The molecule has 1 aromatic rings. The molecule has 1 aromatic carbocycles. The molecule has 0 radical (unpaired) electrons. The lowest BCUT2D eigenvalue weighted by molar-refractivity contribution is -0.0173. The van der Waals surface area contributed by atoms with Crippen LogP contribution < -0.4 is 10.1 Å². The first-order valence-corrected chi connectivity index (χ1v) is 8.17. The number of aliphatic imine (C=N–C) groups is 1. The minimum absolute atomic E-state index is 0.200. The van der Waals surface area contributed by atoms with Crippen LogP contribution in [0.5, 0.6) is 5.75 Å². The number of benzene rings is 1. The Morgan fingerprint density at radius 2 is 2.38 bits per heavy atom. The summed E-state index contributed by atoms with van der Waals surface area (Å²) in [6.45, 7) is 3.65. The molecule has 1 unspecified atom stereocenters. The van der Waals surface area contributed by atoms with E-state index in [0.29, 0.717) is 24.8 Å². The number of ether oxygens (including phenoxy) is 3. The van der Waals surface area contributed by atoms with Crippen molar-refractivity contribution >= 4 is 5.96 Å². The van der Waals surface area contributed by atoms with E-state index in [2.05, 4.69) is 15.2 Å². The number of hydrogen-bond donors (Lipinski definition) is 1. The van der Waals surface area contributed by atoms with Gasteiger partial charge in [-0.1, -0.05) is 0 Å². The zero-order valence-electron chi connectivity index (χ0n) is 14.2. The Hall–Kier alpha value is -1.86. The fourth-order valence-electron chi connectivity index (χ4n) is 3.29. The standard InChI is InChI=1S/C17H24FN3O3/c1-19-17(21-4-3-12(8-21)9-22-2)20-7-13-5-15(18)6-14-10-23-11-24-16(13)14/h5-6,12H,3-4,7-11H2,1-2H3,(H,19,20). The van der Waals surface area contributed by atoms with Crippen molar-refractivity contribution in [3.63, 3.8) is 0 Å². The predicted octanol–water partition coefficient (Wildman–Crippen LogP) is 1.74. The highest BCUT2D eigenvalue weighted by atomic mass is 19.1. The molecule has 3 rings (SSSR count). The summed E-state index contributed by atoms with van der Waals surface area (Å²) in [5.74, 6) is 1.77. The normalized spacial score (nSPS) is 20.7. The van der Waals surface area contributed by atoms with E-state index < -0.39 is 0 Å². The number of hydrogen-bond acceptors (Lipinski definition) is 4. The van der Waals surface area contributed by atoms with E-state index in [-0.39, 0.29) is 12.6 Å². The van der Waals surface area contributed by atoms with Gasteiger partial charge in [-0.3, -0.25) is 4.99 Å². The van der Waals surface area contributed by atoms with Crippen molar-refractivity contribution in [1.29, 1.82) is 0 Å². The fourth-order valence-corrected chi connectivity index (χ4v) is 3.29. The fraction of sp³-hybridized carbons (Fsp3) is 0.588. The SMILES string of the molecule is CN=C(NCc1cc(F)cc2c1OCOC2)N1CCC(COC)C1. The molecule has 1 atom stereocenters. The summed E-state index contributed by atoms with van der Waals surface area (Å²) in [4.78, 5) is 6.55. The van der Waals surface area contributed by atoms with Gasteiger partial charge >= 0.3 is 0 Å². The molecule has 0 bridgehead atoms. The van der Waals surface area contributed by atoms with Gasteiger partial charge in [-0.25, -0.2) is 4.39 Å². The van der Waals surface area contributed by atoms with Crippen LogP contribution in [0.4, 0.5) is 4.39 Å². The number of likely N-dealkylation sites (tertiary alicyclic amines) is 1. The Balaban J connectivity index is 1.65. The minimum Gasteiger partial charge on any atom is -0.467 e. The number of nitrogens with zero attached hydrogens (tertiary/aromatic N) is 2. The van der Waals surface area contributed by atoms with E-state index >= 15 is 0 Å². The van der Waals surface area contributed by atoms with Gasteiger partial charge in [-0.2, -0.15) is 0 Å². The van der Waals surface area contributed by atoms with E-state index in [4.69, 9.17) is 14.2 Å². The van der Waals surface area contributed by atoms with Gasteiger partial charge in [0, 0.05) is 50.8 Å². The molecule has 0 aliphatic carbocycles. The lowest BCUT2D eigenvalue weighted by Gasteiger charge is -2.24. The van der Waals surface area contributed by atoms with E-state index in [9.17, 15) is 4.39 Å². The van der Waals surface area contributed by atoms with Crippen LogP contribution in [0, 0.1) is 11.7 Å². The Bertz CT molecular complexity index is 609. The van der Waals surface area contributed by atoms with Crippen LogP contribution in [0.2, 0.25) is 0 Å². The van der Waals surface area contributed by atoms with Crippen molar-refractivity contribution in [2.24, 2.45) is 10.9 Å². The summed E-state index contributed by atoms with van der Waals surface area (Å²) < 4.78 is 29.8. The molecule has 0 spiro atoms. The first-order valence-electron chi connectivity index (χ1n) is 8.17. The maximum atomic E-state index is 13.8. The molecule has 2 heterocycles. The maximum Gasteiger partial charge on any atom is 0.193 e. The smallest absolute Gasteiger partial charge is 0.193 e. The summed E-state index contributed by atoms with van der Waals surface area (Å²) in [7, 11) is 3.49. The zero-order chi connectivity index (χ0) is 16.9. The molecule has 1 saturated heterocycles. The quantitative estimate of drug-likeness (QED) is 0.670.